The number of aliphatic carboxylic acids is 2. The van der Waals surface area contributed by atoms with Crippen LogP contribution in [-0.2, 0) is 24.0 Å². The number of carbonyl (C=O) groups is 5. The highest BCUT2D eigenvalue weighted by Gasteiger charge is 2.40. The number of carboxylic acids is 2. The summed E-state index contributed by atoms with van der Waals surface area (Å²) in [7, 11) is 0. The molecule has 5 atom stereocenters. The Kier molecular flexibility index (Phi) is 10.6. The number of nitrogens with one attached hydrogen (secondary N) is 2. The summed E-state index contributed by atoms with van der Waals surface area (Å²) in [6.45, 7) is 7.84. The molecule has 1 aliphatic rings. The van der Waals surface area contributed by atoms with Crippen molar-refractivity contribution in [2.75, 3.05) is 6.54 Å². The van der Waals surface area contributed by atoms with E-state index >= 15 is 0 Å². The zero-order chi connectivity index (χ0) is 24.6. The van der Waals surface area contributed by atoms with E-state index in [-0.39, 0.29) is 18.4 Å². The number of carbonyl (C=O) groups excluding carboxylic acids is 3. The molecule has 1 heterocycles. The summed E-state index contributed by atoms with van der Waals surface area (Å²) in [6.07, 6.45) is 1.11. The van der Waals surface area contributed by atoms with Crippen LogP contribution in [0, 0.1) is 11.8 Å². The molecule has 1 saturated heterocycles. The Labute approximate surface area is 188 Å². The fourth-order valence-corrected chi connectivity index (χ4v) is 3.68. The summed E-state index contributed by atoms with van der Waals surface area (Å²) >= 11 is 0. The van der Waals surface area contributed by atoms with Crippen molar-refractivity contribution in [2.45, 2.75) is 84.0 Å². The third kappa shape index (κ3) is 7.77. The summed E-state index contributed by atoms with van der Waals surface area (Å²) in [5.74, 6) is -4.46. The van der Waals surface area contributed by atoms with Gasteiger partial charge in [-0.1, -0.05) is 34.1 Å². The Hall–Kier alpha value is -2.69. The van der Waals surface area contributed by atoms with Crippen LogP contribution in [0.2, 0.25) is 0 Å². The largest absolute Gasteiger partial charge is 0.481 e. The molecule has 0 bridgehead atoms. The highest BCUT2D eigenvalue weighted by Crippen LogP contribution is 2.22. The normalized spacial score (nSPS) is 19.7. The molecule has 11 heteroatoms. The number of hydrogen-bond donors (Lipinski definition) is 5. The molecule has 0 radical (unpaired) electrons. The zero-order valence-corrected chi connectivity index (χ0v) is 19.2. The summed E-state index contributed by atoms with van der Waals surface area (Å²) in [6, 6.07) is -4.18. The van der Waals surface area contributed by atoms with Crippen molar-refractivity contribution in [1.82, 2.24) is 15.5 Å². The Morgan fingerprint density at radius 2 is 1.72 bits per heavy atom. The second-order valence-electron chi connectivity index (χ2n) is 8.79. The van der Waals surface area contributed by atoms with Crippen molar-refractivity contribution in [2.24, 2.45) is 17.6 Å². The van der Waals surface area contributed by atoms with Gasteiger partial charge < -0.3 is 31.5 Å². The van der Waals surface area contributed by atoms with Crippen molar-refractivity contribution in [3.63, 3.8) is 0 Å². The number of rotatable bonds is 12. The third-order valence-electron chi connectivity index (χ3n) is 5.67. The number of likely N-dealkylation sites (tertiary alicyclic amines) is 1. The molecular weight excluding hydrogens is 420 g/mol. The van der Waals surface area contributed by atoms with Crippen LogP contribution in [0.4, 0.5) is 0 Å². The predicted molar refractivity (Wildman–Crippen MR) is 115 cm³/mol. The molecule has 32 heavy (non-hydrogen) atoms. The van der Waals surface area contributed by atoms with Crippen molar-refractivity contribution in [3.8, 4) is 0 Å². The average molecular weight is 457 g/mol. The van der Waals surface area contributed by atoms with Gasteiger partial charge in [0.1, 0.15) is 18.1 Å². The molecule has 0 saturated carbocycles. The molecule has 182 valence electrons. The Balaban J connectivity index is 2.98. The highest BCUT2D eigenvalue weighted by atomic mass is 16.4. The van der Waals surface area contributed by atoms with E-state index in [0.29, 0.717) is 25.7 Å². The molecular formula is C21H36N4O7. The van der Waals surface area contributed by atoms with Crippen molar-refractivity contribution >= 4 is 29.7 Å². The molecule has 0 aromatic heterocycles. The van der Waals surface area contributed by atoms with E-state index in [1.807, 2.05) is 27.7 Å². The van der Waals surface area contributed by atoms with Gasteiger partial charge in [0.2, 0.25) is 17.7 Å². The second kappa shape index (κ2) is 12.4. The molecule has 1 aliphatic heterocycles. The molecule has 1 fully saturated rings. The van der Waals surface area contributed by atoms with Gasteiger partial charge in [-0.05, 0) is 31.1 Å². The second-order valence-corrected chi connectivity index (χ2v) is 8.79. The van der Waals surface area contributed by atoms with Gasteiger partial charge in [-0.3, -0.25) is 19.2 Å². The highest BCUT2D eigenvalue weighted by molar-refractivity contribution is 5.95. The van der Waals surface area contributed by atoms with Crippen LogP contribution in [0.15, 0.2) is 0 Å². The van der Waals surface area contributed by atoms with Crippen molar-refractivity contribution in [3.05, 3.63) is 0 Å². The Bertz CT molecular complexity index is 712. The number of nitrogens with zero attached hydrogens (tertiary/aromatic N) is 1. The van der Waals surface area contributed by atoms with Crippen LogP contribution in [0.25, 0.3) is 0 Å². The van der Waals surface area contributed by atoms with Gasteiger partial charge in [-0.15, -0.1) is 0 Å². The third-order valence-corrected chi connectivity index (χ3v) is 5.67. The summed E-state index contributed by atoms with van der Waals surface area (Å²) in [4.78, 5) is 62.1. The average Bonchev–Trinajstić information content (AvgIpc) is 3.19. The van der Waals surface area contributed by atoms with E-state index in [1.165, 1.54) is 4.90 Å². The first-order chi connectivity index (χ1) is 14.9. The minimum absolute atomic E-state index is 0.202. The topological polar surface area (TPSA) is 179 Å². The molecule has 0 aromatic carbocycles. The standard InChI is InChI=1S/C21H36N4O7/c1-5-12(4)17(24-18(28)13(22)9-11(2)3)20(30)25-8-6-7-15(25)19(29)23-14(21(31)32)10-16(26)27/h11-15,17H,5-10,22H2,1-4H3,(H,23,29)(H,24,28)(H,26,27)(H,31,32). The van der Waals surface area contributed by atoms with Gasteiger partial charge in [-0.2, -0.15) is 0 Å². The quantitative estimate of drug-likeness (QED) is 0.270. The van der Waals surface area contributed by atoms with Crippen LogP contribution < -0.4 is 16.4 Å². The number of carboxylic acid groups (broad SMARTS) is 2. The lowest BCUT2D eigenvalue weighted by Crippen LogP contribution is -2.58. The van der Waals surface area contributed by atoms with E-state index < -0.39 is 60.2 Å². The van der Waals surface area contributed by atoms with E-state index in [2.05, 4.69) is 10.6 Å². The number of nitrogens with two attached hydrogens (primary N) is 1. The van der Waals surface area contributed by atoms with E-state index in [1.54, 1.807) is 0 Å². The lowest BCUT2D eigenvalue weighted by atomic mass is 9.96. The monoisotopic (exact) mass is 456 g/mol. The molecule has 3 amide bonds. The van der Waals surface area contributed by atoms with Gasteiger partial charge in [0.25, 0.3) is 0 Å². The van der Waals surface area contributed by atoms with E-state index in [0.717, 1.165) is 0 Å². The lowest BCUT2D eigenvalue weighted by molar-refractivity contribution is -0.148. The maximum atomic E-state index is 13.3. The molecule has 5 unspecified atom stereocenters. The van der Waals surface area contributed by atoms with Crippen LogP contribution in [-0.4, -0.2) is 75.5 Å². The summed E-state index contributed by atoms with van der Waals surface area (Å²) in [5, 5.41) is 23.0. The molecule has 6 N–H and O–H groups in total. The predicted octanol–water partition coefficient (Wildman–Crippen LogP) is -0.0742. The van der Waals surface area contributed by atoms with Crippen LogP contribution in [0.3, 0.4) is 0 Å². The fourth-order valence-electron chi connectivity index (χ4n) is 3.68. The van der Waals surface area contributed by atoms with Gasteiger partial charge in [-0.25, -0.2) is 4.79 Å². The SMILES string of the molecule is CCC(C)C(NC(=O)C(N)CC(C)C)C(=O)N1CCCC1C(=O)NC(CC(=O)O)C(=O)O. The Morgan fingerprint density at radius 3 is 2.22 bits per heavy atom. The van der Waals surface area contributed by atoms with Crippen molar-refractivity contribution in [1.29, 1.82) is 0 Å². The van der Waals surface area contributed by atoms with Gasteiger partial charge >= 0.3 is 11.9 Å². The van der Waals surface area contributed by atoms with Crippen LogP contribution in [0.1, 0.15) is 59.8 Å². The van der Waals surface area contributed by atoms with Crippen LogP contribution >= 0.6 is 0 Å². The van der Waals surface area contributed by atoms with Gasteiger partial charge in [0.05, 0.1) is 12.5 Å². The van der Waals surface area contributed by atoms with Crippen molar-refractivity contribution < 1.29 is 34.2 Å². The number of hydrogen-bond acceptors (Lipinski definition) is 6. The van der Waals surface area contributed by atoms with E-state index in [9.17, 15) is 29.1 Å². The molecule has 0 aromatic rings. The minimum atomic E-state index is -1.60. The smallest absolute Gasteiger partial charge is 0.326 e. The maximum absolute atomic E-state index is 13.3. The Morgan fingerprint density at radius 1 is 1.09 bits per heavy atom. The molecule has 0 aliphatic carbocycles. The van der Waals surface area contributed by atoms with Gasteiger partial charge in [0.15, 0.2) is 0 Å². The maximum Gasteiger partial charge on any atom is 0.326 e. The molecule has 1 rings (SSSR count). The summed E-state index contributed by atoms with van der Waals surface area (Å²) < 4.78 is 0. The first kappa shape index (κ1) is 27.3. The van der Waals surface area contributed by atoms with Gasteiger partial charge in [0, 0.05) is 6.54 Å². The lowest BCUT2D eigenvalue weighted by Gasteiger charge is -2.32. The molecule has 0 spiro atoms. The first-order valence-electron chi connectivity index (χ1n) is 11.0. The first-order valence-corrected chi connectivity index (χ1v) is 11.0. The molecule has 11 nitrogen and oxygen atoms in total. The van der Waals surface area contributed by atoms with Crippen LogP contribution in [0.5, 0.6) is 0 Å². The fraction of sp³-hybridized carbons (Fsp3) is 0.762. The zero-order valence-electron chi connectivity index (χ0n) is 19.2. The van der Waals surface area contributed by atoms with E-state index in [4.69, 9.17) is 10.8 Å². The summed E-state index contributed by atoms with van der Waals surface area (Å²) in [5.41, 5.74) is 5.96. The number of amides is 3. The minimum Gasteiger partial charge on any atom is -0.481 e.